The summed E-state index contributed by atoms with van der Waals surface area (Å²) < 4.78 is 1.87. The molecular formula is C12H20BrN3. The maximum Gasteiger partial charge on any atom is 0.0764 e. The van der Waals surface area contributed by atoms with Gasteiger partial charge in [-0.05, 0) is 26.0 Å². The van der Waals surface area contributed by atoms with E-state index in [-0.39, 0.29) is 0 Å². The van der Waals surface area contributed by atoms with Crippen LogP contribution in [-0.4, -0.2) is 32.6 Å². The number of nitrogens with zero attached hydrogens (tertiary/aromatic N) is 3. The molecular weight excluding hydrogens is 266 g/mol. The van der Waals surface area contributed by atoms with Crippen molar-refractivity contribution in [2.45, 2.75) is 43.1 Å². The molecule has 0 saturated heterocycles. The van der Waals surface area contributed by atoms with Gasteiger partial charge in [-0.1, -0.05) is 28.8 Å². The average molecular weight is 286 g/mol. The van der Waals surface area contributed by atoms with Crippen LogP contribution >= 0.6 is 15.9 Å². The molecule has 1 aliphatic rings. The van der Waals surface area contributed by atoms with Crippen molar-refractivity contribution >= 4 is 15.9 Å². The Morgan fingerprint density at radius 1 is 1.50 bits per heavy atom. The van der Waals surface area contributed by atoms with E-state index in [4.69, 9.17) is 0 Å². The minimum absolute atomic E-state index is 0.648. The molecule has 0 bridgehead atoms. The monoisotopic (exact) mass is 285 g/mol. The SMILES string of the molecule is CN(Cc1ccn(C)n1)C1CCCCC1Br. The molecule has 0 amide bonds. The lowest BCUT2D eigenvalue weighted by atomic mass is 9.94. The van der Waals surface area contributed by atoms with Gasteiger partial charge in [-0.2, -0.15) is 5.10 Å². The quantitative estimate of drug-likeness (QED) is 0.796. The van der Waals surface area contributed by atoms with Gasteiger partial charge in [0.25, 0.3) is 0 Å². The van der Waals surface area contributed by atoms with Gasteiger partial charge in [-0.3, -0.25) is 9.58 Å². The summed E-state index contributed by atoms with van der Waals surface area (Å²) >= 11 is 3.81. The lowest BCUT2D eigenvalue weighted by Gasteiger charge is -2.34. The first-order chi connectivity index (χ1) is 7.66. The molecule has 16 heavy (non-hydrogen) atoms. The molecule has 2 atom stereocenters. The number of alkyl halides is 1. The molecule has 4 heteroatoms. The van der Waals surface area contributed by atoms with Gasteiger partial charge >= 0.3 is 0 Å². The molecule has 0 N–H and O–H groups in total. The molecule has 1 saturated carbocycles. The molecule has 0 aliphatic heterocycles. The standard InChI is InChI=1S/C12H20BrN3/c1-15(9-10-7-8-16(2)14-10)12-6-4-3-5-11(12)13/h7-8,11-12H,3-6,9H2,1-2H3. The Balaban J connectivity index is 1.93. The van der Waals surface area contributed by atoms with Gasteiger partial charge in [0.2, 0.25) is 0 Å². The lowest BCUT2D eigenvalue weighted by molar-refractivity contribution is 0.191. The van der Waals surface area contributed by atoms with Crippen LogP contribution < -0.4 is 0 Å². The Bertz CT molecular complexity index is 337. The predicted molar refractivity (Wildman–Crippen MR) is 69.6 cm³/mol. The first-order valence-electron chi connectivity index (χ1n) is 5.99. The number of hydrogen-bond donors (Lipinski definition) is 0. The predicted octanol–water partition coefficient (Wildman–Crippen LogP) is 2.56. The number of hydrogen-bond acceptors (Lipinski definition) is 2. The number of aryl methyl sites for hydroxylation is 1. The summed E-state index contributed by atoms with van der Waals surface area (Å²) in [5, 5.41) is 4.43. The highest BCUT2D eigenvalue weighted by Crippen LogP contribution is 2.28. The second-order valence-corrected chi connectivity index (χ2v) is 5.94. The summed E-state index contributed by atoms with van der Waals surface area (Å²) in [6.45, 7) is 0.952. The molecule has 90 valence electrons. The fourth-order valence-electron chi connectivity index (χ4n) is 2.48. The number of rotatable bonds is 3. The van der Waals surface area contributed by atoms with Crippen molar-refractivity contribution in [3.63, 3.8) is 0 Å². The lowest BCUT2D eigenvalue weighted by Crippen LogP contribution is -2.40. The van der Waals surface area contributed by atoms with E-state index in [2.05, 4.69) is 39.0 Å². The van der Waals surface area contributed by atoms with Crippen molar-refractivity contribution in [2.75, 3.05) is 7.05 Å². The summed E-state index contributed by atoms with van der Waals surface area (Å²) in [6.07, 6.45) is 7.34. The number of halogens is 1. The fraction of sp³-hybridized carbons (Fsp3) is 0.750. The van der Waals surface area contributed by atoms with E-state index in [0.717, 1.165) is 12.2 Å². The number of aromatic nitrogens is 2. The average Bonchev–Trinajstić information content (AvgIpc) is 2.64. The van der Waals surface area contributed by atoms with Gasteiger partial charge in [0.05, 0.1) is 5.69 Å². The summed E-state index contributed by atoms with van der Waals surface area (Å²) in [6, 6.07) is 2.76. The van der Waals surface area contributed by atoms with Crippen LogP contribution in [0, 0.1) is 0 Å². The molecule has 1 aliphatic carbocycles. The third-order valence-electron chi connectivity index (χ3n) is 3.39. The zero-order valence-corrected chi connectivity index (χ0v) is 11.7. The highest BCUT2D eigenvalue weighted by atomic mass is 79.9. The maximum atomic E-state index is 4.43. The van der Waals surface area contributed by atoms with Gasteiger partial charge < -0.3 is 0 Å². The molecule has 3 nitrogen and oxygen atoms in total. The molecule has 0 aromatic carbocycles. The van der Waals surface area contributed by atoms with E-state index in [1.165, 1.54) is 25.7 Å². The maximum absolute atomic E-state index is 4.43. The van der Waals surface area contributed by atoms with Crippen molar-refractivity contribution in [2.24, 2.45) is 7.05 Å². The van der Waals surface area contributed by atoms with Gasteiger partial charge in [0.1, 0.15) is 0 Å². The van der Waals surface area contributed by atoms with E-state index in [1.54, 1.807) is 0 Å². The Hall–Kier alpha value is -0.350. The Morgan fingerprint density at radius 3 is 2.88 bits per heavy atom. The molecule has 0 spiro atoms. The molecule has 2 rings (SSSR count). The van der Waals surface area contributed by atoms with E-state index in [9.17, 15) is 0 Å². The summed E-state index contributed by atoms with van der Waals surface area (Å²) in [5.41, 5.74) is 1.16. The van der Waals surface area contributed by atoms with E-state index in [0.29, 0.717) is 10.9 Å². The first-order valence-corrected chi connectivity index (χ1v) is 6.91. The van der Waals surface area contributed by atoms with Crippen LogP contribution in [0.3, 0.4) is 0 Å². The van der Waals surface area contributed by atoms with Crippen molar-refractivity contribution in [1.29, 1.82) is 0 Å². The van der Waals surface area contributed by atoms with Gasteiger partial charge in [0, 0.05) is 30.7 Å². The van der Waals surface area contributed by atoms with E-state index >= 15 is 0 Å². The largest absolute Gasteiger partial charge is 0.296 e. The van der Waals surface area contributed by atoms with Gasteiger partial charge in [-0.15, -0.1) is 0 Å². The molecule has 1 aromatic heterocycles. The zero-order chi connectivity index (χ0) is 11.5. The topological polar surface area (TPSA) is 21.1 Å². The van der Waals surface area contributed by atoms with Crippen LogP contribution in [0.5, 0.6) is 0 Å². The van der Waals surface area contributed by atoms with Gasteiger partial charge in [-0.25, -0.2) is 0 Å². The van der Waals surface area contributed by atoms with E-state index in [1.807, 2.05) is 17.9 Å². The van der Waals surface area contributed by atoms with Crippen LogP contribution in [0.1, 0.15) is 31.4 Å². The minimum atomic E-state index is 0.648. The molecule has 1 fully saturated rings. The second-order valence-electron chi connectivity index (χ2n) is 4.76. The Labute approximate surface area is 106 Å². The fourth-order valence-corrected chi connectivity index (χ4v) is 3.47. The highest BCUT2D eigenvalue weighted by molar-refractivity contribution is 9.09. The van der Waals surface area contributed by atoms with Crippen LogP contribution in [-0.2, 0) is 13.6 Å². The van der Waals surface area contributed by atoms with Crippen molar-refractivity contribution in [3.05, 3.63) is 18.0 Å². The smallest absolute Gasteiger partial charge is 0.0764 e. The zero-order valence-electron chi connectivity index (χ0n) is 10.1. The third-order valence-corrected chi connectivity index (χ3v) is 4.46. The molecule has 1 heterocycles. The summed E-state index contributed by atoms with van der Waals surface area (Å²) in [4.78, 5) is 3.08. The minimum Gasteiger partial charge on any atom is -0.296 e. The third kappa shape index (κ3) is 2.86. The van der Waals surface area contributed by atoms with Gasteiger partial charge in [0.15, 0.2) is 0 Å². The van der Waals surface area contributed by atoms with Crippen LogP contribution in [0.25, 0.3) is 0 Å². The summed E-state index contributed by atoms with van der Waals surface area (Å²) in [5.74, 6) is 0. The second kappa shape index (κ2) is 5.32. The normalized spacial score (nSPS) is 26.2. The first kappa shape index (κ1) is 12.1. The Kier molecular flexibility index (Phi) is 4.03. The van der Waals surface area contributed by atoms with Crippen LogP contribution in [0.2, 0.25) is 0 Å². The molecule has 1 aromatic rings. The summed E-state index contributed by atoms with van der Waals surface area (Å²) in [7, 11) is 4.18. The molecule has 2 unspecified atom stereocenters. The van der Waals surface area contributed by atoms with E-state index < -0.39 is 0 Å². The molecule has 0 radical (unpaired) electrons. The van der Waals surface area contributed by atoms with Crippen molar-refractivity contribution in [3.8, 4) is 0 Å². The van der Waals surface area contributed by atoms with Crippen molar-refractivity contribution in [1.82, 2.24) is 14.7 Å². The Morgan fingerprint density at radius 2 is 2.25 bits per heavy atom. The van der Waals surface area contributed by atoms with Crippen LogP contribution in [0.15, 0.2) is 12.3 Å². The highest BCUT2D eigenvalue weighted by Gasteiger charge is 2.26. The van der Waals surface area contributed by atoms with Crippen molar-refractivity contribution < 1.29 is 0 Å². The van der Waals surface area contributed by atoms with Crippen LogP contribution in [0.4, 0.5) is 0 Å².